The number of amides is 1. The second-order valence-corrected chi connectivity index (χ2v) is 7.89. The molecule has 6 heteroatoms. The van der Waals surface area contributed by atoms with Gasteiger partial charge in [-0.3, -0.25) is 4.79 Å². The maximum atomic E-state index is 12.6. The van der Waals surface area contributed by atoms with Gasteiger partial charge >= 0.3 is 0 Å². The minimum Gasteiger partial charge on any atom is -0.497 e. The molecular weight excluding hydrogens is 368 g/mol. The van der Waals surface area contributed by atoms with Crippen LogP contribution in [0, 0.1) is 19.8 Å². The lowest BCUT2D eigenvalue weighted by Gasteiger charge is -2.32. The van der Waals surface area contributed by atoms with E-state index in [1.807, 2.05) is 24.8 Å². The molecule has 1 amide bonds. The summed E-state index contributed by atoms with van der Waals surface area (Å²) in [4.78, 5) is 14.6. The van der Waals surface area contributed by atoms with Crippen LogP contribution in [0.15, 0.2) is 22.7 Å². The summed E-state index contributed by atoms with van der Waals surface area (Å²) in [5.41, 5.74) is 3.20. The average Bonchev–Trinajstić information content (AvgIpc) is 3.07. The van der Waals surface area contributed by atoms with Gasteiger partial charge in [-0.15, -0.1) is 0 Å². The molecule has 1 saturated heterocycles. The predicted molar refractivity (Wildman–Crippen MR) is 111 cm³/mol. The van der Waals surface area contributed by atoms with Crippen molar-refractivity contribution in [2.45, 2.75) is 52.4 Å². The van der Waals surface area contributed by atoms with Crippen LogP contribution in [0.5, 0.6) is 11.5 Å². The number of piperidine rings is 1. The van der Waals surface area contributed by atoms with Gasteiger partial charge in [0.1, 0.15) is 17.3 Å². The number of ether oxygens (including phenoxy) is 2. The smallest absolute Gasteiger partial charge is 0.222 e. The van der Waals surface area contributed by atoms with Crippen molar-refractivity contribution >= 4 is 5.91 Å². The van der Waals surface area contributed by atoms with Crippen molar-refractivity contribution in [2.24, 2.45) is 5.92 Å². The molecular formula is C23H32N2O4. The minimum absolute atomic E-state index is 0.237. The third-order valence-electron chi connectivity index (χ3n) is 5.99. The van der Waals surface area contributed by atoms with E-state index in [1.165, 1.54) is 5.56 Å². The van der Waals surface area contributed by atoms with Gasteiger partial charge in [0.05, 0.1) is 19.9 Å². The summed E-state index contributed by atoms with van der Waals surface area (Å²) < 4.78 is 15.9. The Hall–Kier alpha value is -2.50. The molecule has 0 atom stereocenters. The molecule has 1 aliphatic rings. The Morgan fingerprint density at radius 2 is 1.76 bits per heavy atom. The molecule has 0 N–H and O–H groups in total. The highest BCUT2D eigenvalue weighted by molar-refractivity contribution is 5.76. The number of nitrogens with zero attached hydrogens (tertiary/aromatic N) is 2. The summed E-state index contributed by atoms with van der Waals surface area (Å²) in [6, 6.07) is 6.06. The third-order valence-corrected chi connectivity index (χ3v) is 5.99. The number of benzene rings is 1. The quantitative estimate of drug-likeness (QED) is 0.667. The zero-order valence-electron chi connectivity index (χ0n) is 18.0. The molecule has 1 fully saturated rings. The van der Waals surface area contributed by atoms with Crippen molar-refractivity contribution in [3.05, 3.63) is 40.8 Å². The van der Waals surface area contributed by atoms with E-state index in [1.54, 1.807) is 14.2 Å². The average molecular weight is 401 g/mol. The lowest BCUT2D eigenvalue weighted by molar-refractivity contribution is -0.132. The summed E-state index contributed by atoms with van der Waals surface area (Å²) in [5, 5.41) is 3.97. The molecule has 0 bridgehead atoms. The molecule has 0 unspecified atom stereocenters. The van der Waals surface area contributed by atoms with Gasteiger partial charge in [0.2, 0.25) is 5.91 Å². The monoisotopic (exact) mass is 400 g/mol. The van der Waals surface area contributed by atoms with E-state index in [-0.39, 0.29) is 5.91 Å². The van der Waals surface area contributed by atoms with E-state index < -0.39 is 0 Å². The Labute approximate surface area is 173 Å². The highest BCUT2D eigenvalue weighted by Gasteiger charge is 2.23. The van der Waals surface area contributed by atoms with Crippen molar-refractivity contribution in [3.63, 3.8) is 0 Å². The molecule has 6 nitrogen and oxygen atoms in total. The Kier molecular flexibility index (Phi) is 7.18. The van der Waals surface area contributed by atoms with E-state index in [4.69, 9.17) is 14.0 Å². The molecule has 3 rings (SSSR count). The zero-order valence-corrected chi connectivity index (χ0v) is 18.0. The first-order chi connectivity index (χ1) is 14.0. The maximum Gasteiger partial charge on any atom is 0.222 e. The highest BCUT2D eigenvalue weighted by atomic mass is 16.5. The van der Waals surface area contributed by atoms with Gasteiger partial charge in [0, 0.05) is 31.1 Å². The lowest BCUT2D eigenvalue weighted by atomic mass is 9.90. The van der Waals surface area contributed by atoms with E-state index in [0.29, 0.717) is 18.8 Å². The molecule has 1 aliphatic heterocycles. The van der Waals surface area contributed by atoms with Gasteiger partial charge < -0.3 is 18.9 Å². The molecule has 0 spiro atoms. The minimum atomic E-state index is 0.237. The fourth-order valence-corrected chi connectivity index (χ4v) is 4.10. The summed E-state index contributed by atoms with van der Waals surface area (Å²) in [6.07, 6.45) is 5.49. The first-order valence-corrected chi connectivity index (χ1v) is 10.4. The summed E-state index contributed by atoms with van der Waals surface area (Å²) >= 11 is 0. The maximum absolute atomic E-state index is 12.6. The predicted octanol–water partition coefficient (Wildman–Crippen LogP) is 4.11. The van der Waals surface area contributed by atoms with Gasteiger partial charge in [-0.05, 0) is 69.6 Å². The molecule has 0 radical (unpaired) electrons. The summed E-state index contributed by atoms with van der Waals surface area (Å²) in [5.74, 6) is 3.37. The molecule has 29 heavy (non-hydrogen) atoms. The fraction of sp³-hybridized carbons (Fsp3) is 0.565. The number of methoxy groups -OCH3 is 2. The zero-order chi connectivity index (χ0) is 20.8. The second kappa shape index (κ2) is 9.81. The Bertz CT molecular complexity index is 781. The second-order valence-electron chi connectivity index (χ2n) is 7.89. The number of aryl methyl sites for hydroxylation is 3. The number of rotatable bonds is 8. The number of carbonyl (C=O) groups excluding carboxylic acids is 1. The van der Waals surface area contributed by atoms with Crippen molar-refractivity contribution in [3.8, 4) is 11.5 Å². The summed E-state index contributed by atoms with van der Waals surface area (Å²) in [7, 11) is 3.36. The van der Waals surface area contributed by atoms with Crippen molar-refractivity contribution in [1.29, 1.82) is 0 Å². The number of carbonyl (C=O) groups is 1. The van der Waals surface area contributed by atoms with Crippen LogP contribution in [0.3, 0.4) is 0 Å². The van der Waals surface area contributed by atoms with Gasteiger partial charge in [0.15, 0.2) is 0 Å². The van der Waals surface area contributed by atoms with Crippen LogP contribution < -0.4 is 9.47 Å². The number of aromatic nitrogens is 1. The van der Waals surface area contributed by atoms with Gasteiger partial charge in [-0.2, -0.15) is 0 Å². The number of likely N-dealkylation sites (tertiary alicyclic amines) is 1. The molecule has 0 aliphatic carbocycles. The molecule has 158 valence electrons. The van der Waals surface area contributed by atoms with Crippen LogP contribution >= 0.6 is 0 Å². The van der Waals surface area contributed by atoms with Crippen molar-refractivity contribution < 1.29 is 18.8 Å². The van der Waals surface area contributed by atoms with Crippen LogP contribution in [-0.4, -0.2) is 43.3 Å². The number of hydrogen-bond donors (Lipinski definition) is 0. The van der Waals surface area contributed by atoms with Crippen LogP contribution in [-0.2, 0) is 17.6 Å². The standard InChI is InChI=1S/C23H32N2O4/c1-16-22(17(2)29-24-16)7-8-23(26)25-11-9-18(10-12-25)5-6-19-13-20(27-3)15-21(14-19)28-4/h13-15,18H,5-12H2,1-4H3. The van der Waals surface area contributed by atoms with Crippen LogP contribution in [0.4, 0.5) is 0 Å². The first kappa shape index (κ1) is 21.2. The van der Waals surface area contributed by atoms with E-state index in [9.17, 15) is 4.79 Å². The van der Waals surface area contributed by atoms with Crippen LogP contribution in [0.25, 0.3) is 0 Å². The molecule has 0 saturated carbocycles. The van der Waals surface area contributed by atoms with Crippen molar-refractivity contribution in [1.82, 2.24) is 10.1 Å². The normalized spacial score (nSPS) is 14.8. The van der Waals surface area contributed by atoms with E-state index in [0.717, 1.165) is 67.3 Å². The fourth-order valence-electron chi connectivity index (χ4n) is 4.10. The van der Waals surface area contributed by atoms with Gasteiger partial charge in [-0.1, -0.05) is 5.16 Å². The van der Waals surface area contributed by atoms with E-state index in [2.05, 4.69) is 17.3 Å². The lowest BCUT2D eigenvalue weighted by Crippen LogP contribution is -2.38. The summed E-state index contributed by atoms with van der Waals surface area (Å²) in [6.45, 7) is 5.54. The third kappa shape index (κ3) is 5.52. The molecule has 2 aromatic rings. The van der Waals surface area contributed by atoms with Gasteiger partial charge in [-0.25, -0.2) is 0 Å². The SMILES string of the molecule is COc1cc(CCC2CCN(C(=O)CCc3c(C)noc3C)CC2)cc(OC)c1. The van der Waals surface area contributed by atoms with Gasteiger partial charge in [0.25, 0.3) is 0 Å². The molecule has 2 heterocycles. The van der Waals surface area contributed by atoms with E-state index >= 15 is 0 Å². The van der Waals surface area contributed by atoms with Crippen LogP contribution in [0.2, 0.25) is 0 Å². The highest BCUT2D eigenvalue weighted by Crippen LogP contribution is 2.27. The largest absolute Gasteiger partial charge is 0.497 e. The van der Waals surface area contributed by atoms with Crippen LogP contribution in [0.1, 0.15) is 48.3 Å². The number of hydrogen-bond acceptors (Lipinski definition) is 5. The first-order valence-electron chi connectivity index (χ1n) is 10.4. The molecule has 1 aromatic carbocycles. The Morgan fingerprint density at radius 3 is 2.31 bits per heavy atom. The van der Waals surface area contributed by atoms with Crippen molar-refractivity contribution in [2.75, 3.05) is 27.3 Å². The topological polar surface area (TPSA) is 64.8 Å². The Balaban J connectivity index is 1.44. The Morgan fingerprint density at radius 1 is 1.10 bits per heavy atom. The molecule has 1 aromatic heterocycles.